The van der Waals surface area contributed by atoms with Gasteiger partial charge in [0, 0.05) is 0 Å². The normalized spacial score (nSPS) is 13.3. The molecule has 266 valence electrons. The molecule has 1 aliphatic rings. The van der Waals surface area contributed by atoms with Crippen LogP contribution in [0.15, 0.2) is 205 Å². The molecule has 1 aliphatic carbocycles. The fourth-order valence-corrected chi connectivity index (χ4v) is 7.80. The first kappa shape index (κ1) is 35.0. The summed E-state index contributed by atoms with van der Waals surface area (Å²) in [6.45, 7) is 8.88. The molecule has 0 radical (unpaired) electrons. The molecular weight excluding hydrogens is 675 g/mol. The van der Waals surface area contributed by atoms with Crippen molar-refractivity contribution in [3.63, 3.8) is 0 Å². The van der Waals surface area contributed by atoms with E-state index in [0.29, 0.717) is 0 Å². The molecule has 0 saturated carbocycles. The van der Waals surface area contributed by atoms with Gasteiger partial charge in [0.25, 0.3) is 0 Å². The van der Waals surface area contributed by atoms with Gasteiger partial charge in [-0.25, -0.2) is 0 Å². The van der Waals surface area contributed by atoms with Crippen LogP contribution in [0.4, 0.5) is 0 Å². The van der Waals surface area contributed by atoms with E-state index in [1.807, 2.05) is 18.2 Å². The molecule has 2 heteroatoms. The number of allylic oxidation sites excluding steroid dienone is 4. The Labute approximate surface area is 329 Å². The van der Waals surface area contributed by atoms with E-state index in [9.17, 15) is 0 Å². The quantitative estimate of drug-likeness (QED) is 0.143. The number of fused-ring (bicyclic) bond motifs is 1. The monoisotopic (exact) mass is 716 g/mol. The van der Waals surface area contributed by atoms with E-state index in [-0.39, 0.29) is 0 Å². The van der Waals surface area contributed by atoms with E-state index in [0.717, 1.165) is 62.1 Å². The third-order valence-corrected chi connectivity index (χ3v) is 10.8. The molecule has 0 bridgehead atoms. The molecule has 9 rings (SSSR count). The average molecular weight is 717 g/mol. The Morgan fingerprint density at radius 1 is 0.500 bits per heavy atom. The second-order valence-corrected chi connectivity index (χ2v) is 14.5. The Hall–Kier alpha value is -6.77. The van der Waals surface area contributed by atoms with Crippen LogP contribution in [-0.4, -0.2) is 6.92 Å². The minimum atomic E-state index is 0.855. The standard InChI is InChI=1S/C54H41BO/c1-37(54-53(51-29-12-13-30-52(51)56-54)55-38(2)43-24-15-25-44(32-43)39-17-6-3-7-18-39)42-23-14-26-45(31-42)46-27-16-28-47(33-46)50-35-48(40-19-8-4-9-20-40)34-49(36-50)41-21-10-5-11-22-41/h3-4,6-10,12-36H,2,5,11H2,1H3/b54-37-. The van der Waals surface area contributed by atoms with Crippen molar-refractivity contribution in [2.24, 2.45) is 0 Å². The van der Waals surface area contributed by atoms with Crippen LogP contribution in [0.2, 0.25) is 0 Å². The van der Waals surface area contributed by atoms with Crippen molar-refractivity contribution in [3.05, 3.63) is 228 Å². The molecule has 1 aromatic heterocycles. The van der Waals surface area contributed by atoms with Gasteiger partial charge in [-0.3, -0.25) is 0 Å². The Kier molecular flexibility index (Phi) is 9.70. The molecule has 1 heterocycles. The van der Waals surface area contributed by atoms with Crippen molar-refractivity contribution >= 4 is 34.5 Å². The molecule has 1 nitrogen and oxygen atoms in total. The SMILES string of the molecule is C=C(B=c1/c(=C(\C)c2cccc(-c3cccc(-c4cc(C5=CCCC=C5)cc(-c5ccccc5)c4)c3)c2)oc2ccccc12)c1cccc(-c2ccccc2)c1. The number of para-hydroxylation sites is 1. The summed E-state index contributed by atoms with van der Waals surface area (Å²) in [5.41, 5.74) is 18.0. The van der Waals surface area contributed by atoms with Crippen molar-refractivity contribution in [3.8, 4) is 44.5 Å². The third-order valence-electron chi connectivity index (χ3n) is 10.8. The zero-order chi connectivity index (χ0) is 37.8. The molecule has 0 saturated heterocycles. The molecule has 0 unspecified atom stereocenters. The second-order valence-electron chi connectivity index (χ2n) is 14.5. The summed E-state index contributed by atoms with van der Waals surface area (Å²) in [4.78, 5) is 0. The molecule has 0 amide bonds. The molecule has 0 spiro atoms. The summed E-state index contributed by atoms with van der Waals surface area (Å²) < 4.78 is 6.66. The number of furan rings is 1. The van der Waals surface area contributed by atoms with E-state index in [2.05, 4.69) is 196 Å². The van der Waals surface area contributed by atoms with Gasteiger partial charge in [0.2, 0.25) is 0 Å². The predicted octanol–water partition coefficient (Wildman–Crippen LogP) is 13.7. The first-order chi connectivity index (χ1) is 27.6. The van der Waals surface area contributed by atoms with Crippen molar-refractivity contribution in [2.45, 2.75) is 19.8 Å². The van der Waals surface area contributed by atoms with Gasteiger partial charge in [-0.2, -0.15) is 0 Å². The Morgan fingerprint density at radius 2 is 1.02 bits per heavy atom. The fraction of sp³-hybridized carbons (Fsp3) is 0.0556. The van der Waals surface area contributed by atoms with Crippen molar-refractivity contribution in [2.75, 3.05) is 0 Å². The molecule has 0 N–H and O–H groups in total. The number of hydrogen-bond donors (Lipinski definition) is 0. The van der Waals surface area contributed by atoms with Crippen molar-refractivity contribution < 1.29 is 4.42 Å². The van der Waals surface area contributed by atoms with Crippen LogP contribution in [0.5, 0.6) is 0 Å². The maximum absolute atomic E-state index is 6.66. The van der Waals surface area contributed by atoms with Crippen molar-refractivity contribution in [1.29, 1.82) is 0 Å². The van der Waals surface area contributed by atoms with Crippen molar-refractivity contribution in [1.82, 2.24) is 0 Å². The molecule has 7 aromatic carbocycles. The first-order valence-corrected chi connectivity index (χ1v) is 19.4. The van der Waals surface area contributed by atoms with E-state index in [4.69, 9.17) is 4.42 Å². The Morgan fingerprint density at radius 3 is 1.73 bits per heavy atom. The van der Waals surface area contributed by atoms with Gasteiger partial charge in [-0.15, -0.1) is 0 Å². The number of hydrogen-bond acceptors (Lipinski definition) is 1. The van der Waals surface area contributed by atoms with Gasteiger partial charge in [-0.1, -0.05) is 48.6 Å². The van der Waals surface area contributed by atoms with E-state index in [1.54, 1.807) is 0 Å². The van der Waals surface area contributed by atoms with Gasteiger partial charge in [0.1, 0.15) is 0 Å². The van der Waals surface area contributed by atoms with E-state index >= 15 is 0 Å². The van der Waals surface area contributed by atoms with Gasteiger partial charge >= 0.3 is 253 Å². The van der Waals surface area contributed by atoms with E-state index < -0.39 is 0 Å². The van der Waals surface area contributed by atoms with Crippen LogP contribution in [0, 0.1) is 5.11 Å². The topological polar surface area (TPSA) is 13.1 Å². The number of rotatable bonds is 8. The van der Waals surface area contributed by atoms with Gasteiger partial charge in [-0.05, 0) is 30.0 Å². The molecule has 56 heavy (non-hydrogen) atoms. The summed E-state index contributed by atoms with van der Waals surface area (Å²) in [7, 11) is 0. The zero-order valence-electron chi connectivity index (χ0n) is 31.6. The number of benzene rings is 7. The van der Waals surface area contributed by atoms with Gasteiger partial charge in [0.15, 0.2) is 0 Å². The Balaban J connectivity index is 1.11. The van der Waals surface area contributed by atoms with Gasteiger partial charge < -0.3 is 0 Å². The van der Waals surface area contributed by atoms with Crippen LogP contribution >= 0.6 is 0 Å². The van der Waals surface area contributed by atoms with Crippen LogP contribution in [0.25, 0.3) is 72.1 Å². The first-order valence-electron chi connectivity index (χ1n) is 19.4. The predicted molar refractivity (Wildman–Crippen MR) is 239 cm³/mol. The van der Waals surface area contributed by atoms with Crippen LogP contribution in [-0.2, 0) is 0 Å². The van der Waals surface area contributed by atoms with Crippen LogP contribution < -0.4 is 5.42 Å². The maximum atomic E-state index is 6.66. The second kappa shape index (κ2) is 15.5. The molecular formula is C54H41BO. The molecule has 0 fully saturated rings. The summed E-state index contributed by atoms with van der Waals surface area (Å²) >= 11 is 0. The average Bonchev–Trinajstić information content (AvgIpc) is 3.64. The third kappa shape index (κ3) is 7.22. The fourth-order valence-electron chi connectivity index (χ4n) is 7.80. The summed E-state index contributed by atoms with van der Waals surface area (Å²) in [6, 6.07) is 62.8. The Bertz CT molecular complexity index is 2930. The molecule has 8 aromatic rings. The summed E-state index contributed by atoms with van der Waals surface area (Å²) in [6.07, 6.45) is 9.08. The summed E-state index contributed by atoms with van der Waals surface area (Å²) in [5, 5.41) is 2.11. The van der Waals surface area contributed by atoms with Gasteiger partial charge in [0.05, 0.1) is 0 Å². The van der Waals surface area contributed by atoms with Crippen LogP contribution in [0.1, 0.15) is 36.5 Å². The zero-order valence-corrected chi connectivity index (χ0v) is 31.6. The molecule has 0 aliphatic heterocycles. The molecule has 0 atom stereocenters. The minimum absolute atomic E-state index is 0.855. The van der Waals surface area contributed by atoms with E-state index in [1.165, 1.54) is 50.1 Å². The van der Waals surface area contributed by atoms with Crippen LogP contribution in [0.3, 0.4) is 0 Å². The summed E-state index contributed by atoms with van der Waals surface area (Å²) in [5.74, 6) is 0.